The number of likely N-dealkylation sites (tertiary alicyclic amines) is 1. The van der Waals surface area contributed by atoms with Gasteiger partial charge in [-0.3, -0.25) is 14.5 Å². The van der Waals surface area contributed by atoms with Crippen molar-refractivity contribution in [3.05, 3.63) is 119 Å². The zero-order valence-corrected chi connectivity index (χ0v) is 34.6. The SMILES string of the molecule is CC1(C)CC2CC(C)(CN2CC2CC(c3ccc(CO)cc3)OC(c3ccc(-c4ccccc4CNC(=O)CCCCCCC(=O)Nc4ccccc4N)cc3)O2)C1. The van der Waals surface area contributed by atoms with E-state index in [1.165, 1.54) is 19.3 Å². The maximum absolute atomic E-state index is 12.8. The number of fused-ring (bicyclic) bond motifs is 2. The van der Waals surface area contributed by atoms with Gasteiger partial charge in [0.2, 0.25) is 11.8 Å². The second-order valence-electron chi connectivity index (χ2n) is 18.1. The molecular weight excluding hydrogens is 725 g/mol. The summed E-state index contributed by atoms with van der Waals surface area (Å²) in [5.41, 5.74) is 14.0. The van der Waals surface area contributed by atoms with E-state index in [1.807, 2.05) is 36.4 Å². The number of hydrogen-bond acceptors (Lipinski definition) is 7. The van der Waals surface area contributed by atoms with Crippen molar-refractivity contribution in [2.75, 3.05) is 24.1 Å². The van der Waals surface area contributed by atoms with Gasteiger partial charge in [-0.1, -0.05) is 119 Å². The van der Waals surface area contributed by atoms with Crippen LogP contribution in [0.1, 0.15) is 120 Å². The predicted octanol–water partition coefficient (Wildman–Crippen LogP) is 9.47. The average Bonchev–Trinajstić information content (AvgIpc) is 3.45. The van der Waals surface area contributed by atoms with E-state index in [-0.39, 0.29) is 30.6 Å². The first-order valence-electron chi connectivity index (χ1n) is 21.3. The summed E-state index contributed by atoms with van der Waals surface area (Å²) in [7, 11) is 0. The highest BCUT2D eigenvalue weighted by atomic mass is 16.7. The number of carbonyl (C=O) groups excluding carboxylic acids is 2. The fraction of sp³-hybridized carbons (Fsp3) is 0.469. The first-order valence-corrected chi connectivity index (χ1v) is 21.3. The number of nitrogen functional groups attached to an aromatic ring is 1. The van der Waals surface area contributed by atoms with Crippen LogP contribution in [0.25, 0.3) is 11.1 Å². The summed E-state index contributed by atoms with van der Waals surface area (Å²) in [6, 6.07) is 32.6. The number of amides is 2. The molecular formula is C49H62N4O5. The largest absolute Gasteiger partial charge is 0.397 e. The highest BCUT2D eigenvalue weighted by Gasteiger charge is 2.50. The molecule has 3 fully saturated rings. The molecule has 308 valence electrons. The number of unbranched alkanes of at least 4 members (excludes halogenated alkanes) is 3. The van der Waals surface area contributed by atoms with Crippen LogP contribution in [0.4, 0.5) is 11.4 Å². The number of nitrogens with zero attached hydrogens (tertiary/aromatic N) is 1. The number of nitrogens with two attached hydrogens (primary N) is 1. The Kier molecular flexibility index (Phi) is 13.3. The summed E-state index contributed by atoms with van der Waals surface area (Å²) in [4.78, 5) is 27.8. The van der Waals surface area contributed by atoms with Crippen LogP contribution in [0.5, 0.6) is 0 Å². The van der Waals surface area contributed by atoms with Gasteiger partial charge in [0, 0.05) is 50.5 Å². The number of aliphatic hydroxyl groups is 1. The number of ether oxygens (including phenoxy) is 2. The van der Waals surface area contributed by atoms with E-state index in [9.17, 15) is 14.7 Å². The van der Waals surface area contributed by atoms with Gasteiger partial charge in [-0.25, -0.2) is 0 Å². The molecule has 7 rings (SSSR count). The summed E-state index contributed by atoms with van der Waals surface area (Å²) in [6.45, 7) is 9.78. The Morgan fingerprint density at radius 2 is 1.50 bits per heavy atom. The van der Waals surface area contributed by atoms with Crippen LogP contribution in [0.2, 0.25) is 0 Å². The molecule has 1 aliphatic carbocycles. The summed E-state index contributed by atoms with van der Waals surface area (Å²) < 4.78 is 13.5. The fourth-order valence-electron chi connectivity index (χ4n) is 9.89. The van der Waals surface area contributed by atoms with E-state index in [0.29, 0.717) is 47.6 Å². The summed E-state index contributed by atoms with van der Waals surface area (Å²) >= 11 is 0. The molecule has 5 N–H and O–H groups in total. The first kappa shape index (κ1) is 41.6. The average molecular weight is 787 g/mol. The zero-order chi connectivity index (χ0) is 40.7. The van der Waals surface area contributed by atoms with Gasteiger partial charge in [-0.15, -0.1) is 0 Å². The van der Waals surface area contributed by atoms with Crippen molar-refractivity contribution in [3.8, 4) is 11.1 Å². The molecule has 2 saturated heterocycles. The second kappa shape index (κ2) is 18.6. The number of nitrogens with one attached hydrogen (secondary N) is 2. The van der Waals surface area contributed by atoms with Gasteiger partial charge >= 0.3 is 0 Å². The van der Waals surface area contributed by atoms with Crippen LogP contribution in [-0.4, -0.2) is 47.1 Å². The quantitative estimate of drug-likeness (QED) is 0.0659. The molecule has 0 aromatic heterocycles. The molecule has 9 nitrogen and oxygen atoms in total. The molecule has 5 unspecified atom stereocenters. The smallest absolute Gasteiger partial charge is 0.224 e. The van der Waals surface area contributed by atoms with Gasteiger partial charge in [0.25, 0.3) is 0 Å². The minimum Gasteiger partial charge on any atom is -0.397 e. The lowest BCUT2D eigenvalue weighted by Crippen LogP contribution is -2.42. The van der Waals surface area contributed by atoms with Gasteiger partial charge < -0.3 is 30.9 Å². The molecule has 4 aromatic carbocycles. The second-order valence-corrected chi connectivity index (χ2v) is 18.1. The molecule has 2 aliphatic heterocycles. The van der Waals surface area contributed by atoms with Crippen molar-refractivity contribution in [2.24, 2.45) is 10.8 Å². The fourth-order valence-corrected chi connectivity index (χ4v) is 9.89. The van der Waals surface area contributed by atoms with Gasteiger partial charge in [0.1, 0.15) is 0 Å². The Labute approximate surface area is 344 Å². The first-order chi connectivity index (χ1) is 28.0. The molecule has 0 radical (unpaired) electrons. The van der Waals surface area contributed by atoms with Crippen LogP contribution in [-0.2, 0) is 32.2 Å². The Morgan fingerprint density at radius 3 is 2.24 bits per heavy atom. The normalized spacial score (nSPS) is 24.0. The number of hydrogen-bond donors (Lipinski definition) is 4. The molecule has 0 spiro atoms. The van der Waals surface area contributed by atoms with Crippen molar-refractivity contribution >= 4 is 23.2 Å². The molecule has 9 heteroatoms. The molecule has 2 amide bonds. The molecule has 2 heterocycles. The zero-order valence-electron chi connectivity index (χ0n) is 34.6. The Bertz CT molecular complexity index is 2000. The van der Waals surface area contributed by atoms with Crippen LogP contribution >= 0.6 is 0 Å². The Balaban J connectivity index is 0.932. The van der Waals surface area contributed by atoms with Crippen molar-refractivity contribution in [2.45, 2.75) is 123 Å². The monoisotopic (exact) mass is 786 g/mol. The minimum absolute atomic E-state index is 0.0167. The van der Waals surface area contributed by atoms with E-state index in [0.717, 1.165) is 78.6 Å². The molecule has 5 atom stereocenters. The number of rotatable bonds is 16. The summed E-state index contributed by atoms with van der Waals surface area (Å²) in [6.07, 6.45) is 8.11. The van der Waals surface area contributed by atoms with Crippen LogP contribution < -0.4 is 16.4 Å². The number of para-hydroxylation sites is 2. The minimum atomic E-state index is -0.510. The third-order valence-corrected chi connectivity index (χ3v) is 12.4. The lowest BCUT2D eigenvalue weighted by atomic mass is 9.65. The number of carbonyl (C=O) groups is 2. The highest BCUT2D eigenvalue weighted by Crippen LogP contribution is 2.53. The maximum Gasteiger partial charge on any atom is 0.224 e. The molecule has 2 bridgehead atoms. The predicted molar refractivity (Wildman–Crippen MR) is 230 cm³/mol. The van der Waals surface area contributed by atoms with E-state index >= 15 is 0 Å². The van der Waals surface area contributed by atoms with Crippen molar-refractivity contribution in [1.29, 1.82) is 0 Å². The molecule has 3 aliphatic rings. The van der Waals surface area contributed by atoms with E-state index < -0.39 is 6.29 Å². The van der Waals surface area contributed by atoms with Gasteiger partial charge in [0.05, 0.1) is 30.2 Å². The standard InChI is InChI=1S/C49H62N4O5/c1-48(2)27-39-28-49(3,32-48)33-53(39)30-40-26-44(36-20-18-34(31-54)19-21-36)58-47(57-40)37-24-22-35(23-25-37)41-13-9-8-12-38(41)29-51-45(55)16-6-4-5-7-17-46(56)52-43-15-11-10-14-42(43)50/h8-15,18-25,39-40,44,47,54H,4-7,16-17,26-33,50H2,1-3H3,(H,51,55)(H,52,56). The topological polar surface area (TPSA) is 126 Å². The molecule has 4 aromatic rings. The number of aliphatic hydroxyl groups excluding tert-OH is 1. The van der Waals surface area contributed by atoms with Gasteiger partial charge in [-0.05, 0) is 82.9 Å². The Morgan fingerprint density at radius 1 is 0.810 bits per heavy atom. The lowest BCUT2D eigenvalue weighted by molar-refractivity contribution is -0.253. The van der Waals surface area contributed by atoms with Gasteiger partial charge in [0.15, 0.2) is 6.29 Å². The number of anilines is 2. The third-order valence-electron chi connectivity index (χ3n) is 12.4. The van der Waals surface area contributed by atoms with E-state index in [1.54, 1.807) is 12.1 Å². The summed E-state index contributed by atoms with van der Waals surface area (Å²) in [5, 5.41) is 15.6. The van der Waals surface area contributed by atoms with E-state index in [4.69, 9.17) is 15.2 Å². The van der Waals surface area contributed by atoms with Gasteiger partial charge in [-0.2, -0.15) is 0 Å². The van der Waals surface area contributed by atoms with Crippen molar-refractivity contribution < 1.29 is 24.2 Å². The van der Waals surface area contributed by atoms with Crippen molar-refractivity contribution in [1.82, 2.24) is 10.2 Å². The third kappa shape index (κ3) is 10.7. The molecule has 1 saturated carbocycles. The van der Waals surface area contributed by atoms with Crippen LogP contribution in [0.3, 0.4) is 0 Å². The lowest BCUT2D eigenvalue weighted by Gasteiger charge is -2.41. The molecule has 58 heavy (non-hydrogen) atoms. The van der Waals surface area contributed by atoms with E-state index in [2.05, 4.69) is 84.8 Å². The summed E-state index contributed by atoms with van der Waals surface area (Å²) in [5.74, 6) is -0.0174. The Hall–Kier alpha value is -4.54. The maximum atomic E-state index is 12.8. The highest BCUT2D eigenvalue weighted by molar-refractivity contribution is 5.93. The van der Waals surface area contributed by atoms with Crippen LogP contribution in [0, 0.1) is 10.8 Å². The van der Waals surface area contributed by atoms with Crippen LogP contribution in [0.15, 0.2) is 97.1 Å². The number of benzene rings is 4. The van der Waals surface area contributed by atoms with Crippen molar-refractivity contribution in [3.63, 3.8) is 0 Å².